The summed E-state index contributed by atoms with van der Waals surface area (Å²) in [5, 5.41) is 19.6. The number of ether oxygens (including phenoxy) is 1. The van der Waals surface area contributed by atoms with E-state index in [1.807, 2.05) is 13.0 Å². The molecule has 2 N–H and O–H groups in total. The first kappa shape index (κ1) is 15.5. The number of hydrogen-bond donors (Lipinski definition) is 2. The summed E-state index contributed by atoms with van der Waals surface area (Å²) in [5.41, 5.74) is 0.532. The molecule has 0 spiro atoms. The summed E-state index contributed by atoms with van der Waals surface area (Å²) in [6.07, 6.45) is 0.0354. The fraction of sp³-hybridized carbons (Fsp3) is 0.429. The second-order valence-corrected chi connectivity index (χ2v) is 5.83. The normalized spacial score (nSPS) is 11.7. The van der Waals surface area contributed by atoms with E-state index in [-0.39, 0.29) is 5.59 Å². The Bertz CT molecular complexity index is 673. The highest BCUT2D eigenvalue weighted by molar-refractivity contribution is 6.58. The summed E-state index contributed by atoms with van der Waals surface area (Å²) in [6.45, 7) is 7.19. The Hall–Kier alpha value is -1.86. The molecular weight excluding hydrogens is 271 g/mol. The van der Waals surface area contributed by atoms with E-state index < -0.39 is 18.8 Å². The molecule has 2 rings (SSSR count). The Morgan fingerprint density at radius 3 is 2.57 bits per heavy atom. The Morgan fingerprint density at radius 2 is 2.05 bits per heavy atom. The van der Waals surface area contributed by atoms with Gasteiger partial charge in [0.25, 0.3) is 0 Å². The molecule has 0 aliphatic carbocycles. The van der Waals surface area contributed by atoms with E-state index in [4.69, 9.17) is 4.74 Å². The molecule has 0 bridgehead atoms. The monoisotopic (exact) mass is 290 g/mol. The molecule has 0 unspecified atom stereocenters. The third kappa shape index (κ3) is 3.25. The quantitative estimate of drug-likeness (QED) is 0.808. The van der Waals surface area contributed by atoms with Gasteiger partial charge in [0.1, 0.15) is 11.2 Å². The van der Waals surface area contributed by atoms with Crippen LogP contribution in [0.2, 0.25) is 0 Å². The van der Waals surface area contributed by atoms with Gasteiger partial charge in [-0.3, -0.25) is 0 Å². The molecule has 0 aromatic carbocycles. The van der Waals surface area contributed by atoms with Crippen molar-refractivity contribution in [2.75, 3.05) is 0 Å². The van der Waals surface area contributed by atoms with Crippen molar-refractivity contribution in [1.82, 2.24) is 9.55 Å². The van der Waals surface area contributed by atoms with Crippen LogP contribution in [0.15, 0.2) is 18.2 Å². The number of nitrogens with zero attached hydrogens (tertiary/aromatic N) is 2. The highest BCUT2D eigenvalue weighted by atomic mass is 16.6. The Balaban J connectivity index is 2.62. The number of pyridine rings is 1. The van der Waals surface area contributed by atoms with Crippen LogP contribution in [0.3, 0.4) is 0 Å². The van der Waals surface area contributed by atoms with Gasteiger partial charge in [-0.25, -0.2) is 14.3 Å². The van der Waals surface area contributed by atoms with Crippen LogP contribution in [-0.2, 0) is 11.2 Å². The minimum Gasteiger partial charge on any atom is -0.443 e. The number of hydrogen-bond acceptors (Lipinski definition) is 5. The molecule has 0 atom stereocenters. The standard InChI is InChI=1S/C14H19BN2O4/c1-5-10-7-6-9-8-11(15(19)20)17(12(9)16-10)13(18)21-14(2,3)4/h6-8,19-20H,5H2,1-4H3. The van der Waals surface area contributed by atoms with Gasteiger partial charge >= 0.3 is 13.2 Å². The molecule has 2 aromatic rings. The molecule has 0 amide bonds. The van der Waals surface area contributed by atoms with Gasteiger partial charge in [-0.2, -0.15) is 0 Å². The predicted molar refractivity (Wildman–Crippen MR) is 80.6 cm³/mol. The summed E-state index contributed by atoms with van der Waals surface area (Å²) < 4.78 is 6.43. The Morgan fingerprint density at radius 1 is 1.38 bits per heavy atom. The number of aryl methyl sites for hydroxylation is 1. The lowest BCUT2D eigenvalue weighted by Gasteiger charge is -2.20. The first-order chi connectivity index (χ1) is 9.73. The second-order valence-electron chi connectivity index (χ2n) is 5.83. The van der Waals surface area contributed by atoms with Crippen LogP contribution in [0.5, 0.6) is 0 Å². The zero-order chi connectivity index (χ0) is 15.8. The molecule has 112 valence electrons. The third-order valence-electron chi connectivity index (χ3n) is 2.94. The first-order valence-electron chi connectivity index (χ1n) is 6.83. The third-order valence-corrected chi connectivity index (χ3v) is 2.94. The van der Waals surface area contributed by atoms with Crippen LogP contribution in [0.4, 0.5) is 4.79 Å². The maximum atomic E-state index is 12.3. The van der Waals surface area contributed by atoms with Crippen molar-refractivity contribution in [2.24, 2.45) is 0 Å². The number of aromatic nitrogens is 2. The fourth-order valence-electron chi connectivity index (χ4n) is 2.02. The van der Waals surface area contributed by atoms with Crippen LogP contribution in [0, 0.1) is 0 Å². The van der Waals surface area contributed by atoms with Crippen molar-refractivity contribution in [3.05, 3.63) is 23.9 Å². The molecule has 7 heteroatoms. The van der Waals surface area contributed by atoms with Crippen LogP contribution < -0.4 is 5.59 Å². The Kier molecular flexibility index (Phi) is 4.07. The fourth-order valence-corrected chi connectivity index (χ4v) is 2.02. The van der Waals surface area contributed by atoms with Gasteiger partial charge in [0.2, 0.25) is 0 Å². The topological polar surface area (TPSA) is 84.6 Å². The largest absolute Gasteiger partial charge is 0.506 e. The van der Waals surface area contributed by atoms with Crippen molar-refractivity contribution in [3.63, 3.8) is 0 Å². The van der Waals surface area contributed by atoms with Crippen molar-refractivity contribution in [3.8, 4) is 0 Å². The summed E-state index contributed by atoms with van der Waals surface area (Å²) >= 11 is 0. The number of rotatable bonds is 2. The summed E-state index contributed by atoms with van der Waals surface area (Å²) in [4.78, 5) is 16.7. The maximum absolute atomic E-state index is 12.3. The lowest BCUT2D eigenvalue weighted by Crippen LogP contribution is -2.41. The highest BCUT2D eigenvalue weighted by Gasteiger charge is 2.27. The van der Waals surface area contributed by atoms with Gasteiger partial charge in [0.05, 0.1) is 5.59 Å². The summed E-state index contributed by atoms with van der Waals surface area (Å²) in [5.74, 6) is 0. The van der Waals surface area contributed by atoms with Crippen molar-refractivity contribution < 1.29 is 19.6 Å². The van der Waals surface area contributed by atoms with Crippen molar-refractivity contribution >= 4 is 29.8 Å². The molecule has 0 aliphatic rings. The van der Waals surface area contributed by atoms with Gasteiger partial charge in [-0.1, -0.05) is 6.92 Å². The average Bonchev–Trinajstić information content (AvgIpc) is 2.74. The van der Waals surface area contributed by atoms with Crippen LogP contribution in [0.25, 0.3) is 11.0 Å². The lowest BCUT2D eigenvalue weighted by atomic mass is 9.86. The molecule has 0 radical (unpaired) electrons. The van der Waals surface area contributed by atoms with Crippen molar-refractivity contribution in [1.29, 1.82) is 0 Å². The second kappa shape index (κ2) is 5.50. The first-order valence-corrected chi connectivity index (χ1v) is 6.83. The van der Waals surface area contributed by atoms with E-state index >= 15 is 0 Å². The molecule has 0 saturated heterocycles. The van der Waals surface area contributed by atoms with Gasteiger partial charge in [-0.05, 0) is 45.4 Å². The molecule has 6 nitrogen and oxygen atoms in total. The SMILES string of the molecule is CCc1ccc2cc(B(O)O)n(C(=O)OC(C)(C)C)c2n1. The molecule has 2 heterocycles. The van der Waals surface area contributed by atoms with Gasteiger partial charge < -0.3 is 14.8 Å². The molecule has 0 aliphatic heterocycles. The lowest BCUT2D eigenvalue weighted by molar-refractivity contribution is 0.0547. The predicted octanol–water partition coefficient (Wildman–Crippen LogP) is 1.06. The van der Waals surface area contributed by atoms with Gasteiger partial charge in [-0.15, -0.1) is 0 Å². The van der Waals surface area contributed by atoms with Gasteiger partial charge in [0, 0.05) is 11.1 Å². The van der Waals surface area contributed by atoms with Crippen molar-refractivity contribution in [2.45, 2.75) is 39.7 Å². The molecule has 0 saturated carbocycles. The zero-order valence-electron chi connectivity index (χ0n) is 12.6. The molecule has 21 heavy (non-hydrogen) atoms. The minimum absolute atomic E-state index is 0.0417. The van der Waals surface area contributed by atoms with E-state index in [2.05, 4.69) is 4.98 Å². The van der Waals surface area contributed by atoms with E-state index in [0.29, 0.717) is 17.5 Å². The van der Waals surface area contributed by atoms with E-state index in [0.717, 1.165) is 10.3 Å². The number of fused-ring (bicyclic) bond motifs is 1. The van der Waals surface area contributed by atoms with Crippen LogP contribution in [-0.4, -0.2) is 38.4 Å². The summed E-state index contributed by atoms with van der Waals surface area (Å²) in [7, 11) is -1.78. The van der Waals surface area contributed by atoms with Crippen LogP contribution >= 0.6 is 0 Å². The average molecular weight is 290 g/mol. The zero-order valence-corrected chi connectivity index (χ0v) is 12.6. The molecular formula is C14H19BN2O4. The number of carbonyl (C=O) groups is 1. The number of carbonyl (C=O) groups excluding carboxylic acids is 1. The highest BCUT2D eigenvalue weighted by Crippen LogP contribution is 2.16. The van der Waals surface area contributed by atoms with E-state index in [1.54, 1.807) is 26.8 Å². The minimum atomic E-state index is -1.78. The Labute approximate surface area is 123 Å². The molecule has 2 aromatic heterocycles. The van der Waals surface area contributed by atoms with E-state index in [1.165, 1.54) is 6.07 Å². The maximum Gasteiger partial charge on any atom is 0.506 e. The van der Waals surface area contributed by atoms with Crippen LogP contribution in [0.1, 0.15) is 33.4 Å². The molecule has 0 fully saturated rings. The van der Waals surface area contributed by atoms with E-state index in [9.17, 15) is 14.8 Å². The smallest absolute Gasteiger partial charge is 0.443 e. The summed E-state index contributed by atoms with van der Waals surface area (Å²) in [6, 6.07) is 5.17. The van der Waals surface area contributed by atoms with Gasteiger partial charge in [0.15, 0.2) is 0 Å².